The van der Waals surface area contributed by atoms with Gasteiger partial charge in [0, 0.05) is 23.8 Å². The van der Waals surface area contributed by atoms with Crippen molar-refractivity contribution in [3.63, 3.8) is 0 Å². The van der Waals surface area contributed by atoms with Crippen LogP contribution in [0.25, 0.3) is 0 Å². The lowest BCUT2D eigenvalue weighted by atomic mass is 10.1. The number of hydrogen-bond acceptors (Lipinski definition) is 4. The van der Waals surface area contributed by atoms with E-state index in [0.717, 1.165) is 18.5 Å². The molecule has 25 heavy (non-hydrogen) atoms. The lowest BCUT2D eigenvalue weighted by Crippen LogP contribution is -2.42. The predicted octanol–water partition coefficient (Wildman–Crippen LogP) is 2.80. The van der Waals surface area contributed by atoms with Gasteiger partial charge in [0.2, 0.25) is 0 Å². The maximum Gasteiger partial charge on any atom is 0.258 e. The van der Waals surface area contributed by atoms with E-state index in [1.54, 1.807) is 25.3 Å². The molecule has 1 amide bonds. The molecule has 1 aliphatic rings. The van der Waals surface area contributed by atoms with Crippen LogP contribution in [0, 0.1) is 0 Å². The SMILES string of the molecule is COc1cc(C(=O)N2CC(N(C)C)CCc3ccccc32)ccc1N. The molecule has 0 aromatic heterocycles. The first-order valence-electron chi connectivity index (χ1n) is 8.51. The van der Waals surface area contributed by atoms with Gasteiger partial charge in [-0.1, -0.05) is 18.2 Å². The minimum absolute atomic E-state index is 0.0282. The molecule has 2 aromatic carbocycles. The second-order valence-electron chi connectivity index (χ2n) is 6.66. The van der Waals surface area contributed by atoms with E-state index in [1.807, 2.05) is 23.1 Å². The number of nitrogens with zero attached hydrogens (tertiary/aromatic N) is 2. The van der Waals surface area contributed by atoms with Crippen LogP contribution in [0.5, 0.6) is 5.75 Å². The van der Waals surface area contributed by atoms with Crippen molar-refractivity contribution in [2.75, 3.05) is 38.4 Å². The van der Waals surface area contributed by atoms with Gasteiger partial charge in [0.1, 0.15) is 5.75 Å². The standard InChI is InChI=1S/C20H25N3O2/c1-22(2)16-10-8-14-6-4-5-7-18(14)23(13-16)20(24)15-9-11-17(21)19(12-15)25-3/h4-7,9,11-12,16H,8,10,13,21H2,1-3H3. The lowest BCUT2D eigenvalue weighted by Gasteiger charge is -2.29. The second kappa shape index (κ2) is 7.15. The number of ether oxygens (including phenoxy) is 1. The first-order chi connectivity index (χ1) is 12.0. The number of rotatable bonds is 3. The molecule has 0 bridgehead atoms. The number of benzene rings is 2. The van der Waals surface area contributed by atoms with Crippen LogP contribution in [0.15, 0.2) is 42.5 Å². The molecule has 5 heteroatoms. The summed E-state index contributed by atoms with van der Waals surface area (Å²) in [5.74, 6) is 0.498. The van der Waals surface area contributed by atoms with Crippen molar-refractivity contribution in [3.8, 4) is 5.75 Å². The third-order valence-electron chi connectivity index (χ3n) is 4.88. The molecule has 5 nitrogen and oxygen atoms in total. The van der Waals surface area contributed by atoms with Crippen molar-refractivity contribution in [1.82, 2.24) is 4.90 Å². The quantitative estimate of drug-likeness (QED) is 0.874. The maximum atomic E-state index is 13.3. The summed E-state index contributed by atoms with van der Waals surface area (Å²) < 4.78 is 5.27. The normalized spacial score (nSPS) is 17.1. The van der Waals surface area contributed by atoms with Crippen molar-refractivity contribution in [3.05, 3.63) is 53.6 Å². The topological polar surface area (TPSA) is 58.8 Å². The van der Waals surface area contributed by atoms with E-state index in [2.05, 4.69) is 25.1 Å². The first-order valence-corrected chi connectivity index (χ1v) is 8.51. The molecule has 0 saturated carbocycles. The monoisotopic (exact) mass is 339 g/mol. The molecule has 0 fully saturated rings. The van der Waals surface area contributed by atoms with E-state index in [4.69, 9.17) is 10.5 Å². The van der Waals surface area contributed by atoms with E-state index in [1.165, 1.54) is 5.56 Å². The van der Waals surface area contributed by atoms with Gasteiger partial charge in [0.05, 0.1) is 12.8 Å². The van der Waals surface area contributed by atoms with Gasteiger partial charge in [-0.25, -0.2) is 0 Å². The van der Waals surface area contributed by atoms with Crippen LogP contribution in [-0.4, -0.2) is 44.6 Å². The zero-order valence-corrected chi connectivity index (χ0v) is 15.0. The third-order valence-corrected chi connectivity index (χ3v) is 4.88. The summed E-state index contributed by atoms with van der Waals surface area (Å²) in [7, 11) is 5.69. The van der Waals surface area contributed by atoms with Crippen LogP contribution in [-0.2, 0) is 6.42 Å². The Morgan fingerprint density at radius 3 is 2.72 bits per heavy atom. The molecule has 0 aliphatic carbocycles. The smallest absolute Gasteiger partial charge is 0.258 e. The average Bonchev–Trinajstić information content (AvgIpc) is 2.81. The van der Waals surface area contributed by atoms with E-state index in [9.17, 15) is 4.79 Å². The van der Waals surface area contributed by atoms with E-state index in [-0.39, 0.29) is 5.91 Å². The molecular weight excluding hydrogens is 314 g/mol. The Kier molecular flexibility index (Phi) is 4.95. The molecule has 3 rings (SSSR count). The van der Waals surface area contributed by atoms with Gasteiger partial charge in [-0.15, -0.1) is 0 Å². The number of likely N-dealkylation sites (N-methyl/N-ethyl adjacent to an activating group) is 1. The highest BCUT2D eigenvalue weighted by molar-refractivity contribution is 6.07. The van der Waals surface area contributed by atoms with Crippen molar-refractivity contribution >= 4 is 17.3 Å². The third kappa shape index (κ3) is 3.46. The Balaban J connectivity index is 2.01. The van der Waals surface area contributed by atoms with Crippen LogP contribution < -0.4 is 15.4 Å². The van der Waals surface area contributed by atoms with Crippen LogP contribution in [0.1, 0.15) is 22.3 Å². The van der Waals surface area contributed by atoms with Gasteiger partial charge < -0.3 is 20.3 Å². The van der Waals surface area contributed by atoms with Gasteiger partial charge in [0.15, 0.2) is 0 Å². The highest BCUT2D eigenvalue weighted by Gasteiger charge is 2.28. The van der Waals surface area contributed by atoms with Crippen LogP contribution >= 0.6 is 0 Å². The Morgan fingerprint density at radius 1 is 1.24 bits per heavy atom. The van der Waals surface area contributed by atoms with Crippen LogP contribution in [0.3, 0.4) is 0 Å². The first kappa shape index (κ1) is 17.3. The van der Waals surface area contributed by atoms with E-state index in [0.29, 0.717) is 29.6 Å². The van der Waals surface area contributed by atoms with Gasteiger partial charge in [0.25, 0.3) is 5.91 Å². The molecule has 1 aliphatic heterocycles. The zero-order chi connectivity index (χ0) is 18.0. The fourth-order valence-corrected chi connectivity index (χ4v) is 3.32. The number of carbonyl (C=O) groups excluding carboxylic acids is 1. The van der Waals surface area contributed by atoms with Crippen molar-refractivity contribution in [1.29, 1.82) is 0 Å². The number of aryl methyl sites for hydroxylation is 1. The minimum Gasteiger partial charge on any atom is -0.495 e. The minimum atomic E-state index is -0.0282. The summed E-state index contributed by atoms with van der Waals surface area (Å²) >= 11 is 0. The number of anilines is 2. The van der Waals surface area contributed by atoms with Crippen molar-refractivity contribution in [2.24, 2.45) is 0 Å². The molecule has 1 atom stereocenters. The summed E-state index contributed by atoms with van der Waals surface area (Å²) in [6.07, 6.45) is 1.99. The largest absolute Gasteiger partial charge is 0.495 e. The Bertz CT molecular complexity index is 773. The molecule has 1 heterocycles. The van der Waals surface area contributed by atoms with Crippen molar-refractivity contribution < 1.29 is 9.53 Å². The summed E-state index contributed by atoms with van der Waals surface area (Å²) in [5, 5.41) is 0. The average molecular weight is 339 g/mol. The van der Waals surface area contributed by atoms with Crippen LogP contribution in [0.2, 0.25) is 0 Å². The van der Waals surface area contributed by atoms with Gasteiger partial charge >= 0.3 is 0 Å². The number of carbonyl (C=O) groups is 1. The number of nitrogens with two attached hydrogens (primary N) is 1. The zero-order valence-electron chi connectivity index (χ0n) is 15.0. The summed E-state index contributed by atoms with van der Waals surface area (Å²) in [6, 6.07) is 13.7. The molecule has 0 spiro atoms. The maximum absolute atomic E-state index is 13.3. The highest BCUT2D eigenvalue weighted by Crippen LogP contribution is 2.30. The van der Waals surface area contributed by atoms with Gasteiger partial charge in [-0.05, 0) is 56.8 Å². The summed E-state index contributed by atoms with van der Waals surface area (Å²) in [6.45, 7) is 0.662. The Morgan fingerprint density at radius 2 is 2.00 bits per heavy atom. The summed E-state index contributed by atoms with van der Waals surface area (Å²) in [4.78, 5) is 17.4. The van der Waals surface area contributed by atoms with E-state index < -0.39 is 0 Å². The Labute approximate surface area is 149 Å². The molecule has 1 unspecified atom stereocenters. The highest BCUT2D eigenvalue weighted by atomic mass is 16.5. The van der Waals surface area contributed by atoms with E-state index >= 15 is 0 Å². The van der Waals surface area contributed by atoms with Gasteiger partial charge in [-0.2, -0.15) is 0 Å². The number of amides is 1. The fourth-order valence-electron chi connectivity index (χ4n) is 3.32. The molecule has 2 aromatic rings. The number of fused-ring (bicyclic) bond motifs is 1. The number of nitrogen functional groups attached to an aromatic ring is 1. The summed E-state index contributed by atoms with van der Waals surface area (Å²) in [5.41, 5.74) is 9.20. The lowest BCUT2D eigenvalue weighted by molar-refractivity contribution is 0.0979. The van der Waals surface area contributed by atoms with Crippen LogP contribution in [0.4, 0.5) is 11.4 Å². The molecule has 2 N–H and O–H groups in total. The molecule has 132 valence electrons. The second-order valence-corrected chi connectivity index (χ2v) is 6.66. The molecular formula is C20H25N3O2. The number of methoxy groups -OCH3 is 1. The number of para-hydroxylation sites is 1. The molecule has 0 radical (unpaired) electrons. The molecule has 0 saturated heterocycles. The van der Waals surface area contributed by atoms with Gasteiger partial charge in [-0.3, -0.25) is 4.79 Å². The Hall–Kier alpha value is -2.53. The predicted molar refractivity (Wildman–Crippen MR) is 101 cm³/mol. The van der Waals surface area contributed by atoms with Crippen molar-refractivity contribution in [2.45, 2.75) is 18.9 Å². The number of hydrogen-bond donors (Lipinski definition) is 1. The fraction of sp³-hybridized carbons (Fsp3) is 0.350.